The fraction of sp³-hybridized carbons (Fsp3) is 0.438. The highest BCUT2D eigenvalue weighted by Crippen LogP contribution is 2.24. The highest BCUT2D eigenvalue weighted by atomic mass is 16.6. The fourth-order valence-electron chi connectivity index (χ4n) is 2.16. The first-order valence-electron chi connectivity index (χ1n) is 6.89. The van der Waals surface area contributed by atoms with Gasteiger partial charge in [-0.25, -0.2) is 4.79 Å². The molecule has 0 aliphatic rings. The molecule has 108 valence electrons. The normalized spacial score (nSPS) is 13.2. The molecule has 0 saturated carbocycles. The van der Waals surface area contributed by atoms with Gasteiger partial charge in [0.25, 0.3) is 0 Å². The SMILES string of the molecule is C[C@@H](CNC(=O)OC(C)(C)C)c1c[nH]c2ccccc12. The highest BCUT2D eigenvalue weighted by Gasteiger charge is 2.17. The van der Waals surface area contributed by atoms with Crippen LogP contribution in [0, 0.1) is 0 Å². The number of nitrogens with one attached hydrogen (secondary N) is 2. The third kappa shape index (κ3) is 3.53. The van der Waals surface area contributed by atoms with Crippen LogP contribution < -0.4 is 5.32 Å². The molecule has 1 amide bonds. The number of aromatic amines is 1. The molecule has 2 aromatic rings. The van der Waals surface area contributed by atoms with Gasteiger partial charge in [-0.05, 0) is 32.4 Å². The number of hydrogen-bond donors (Lipinski definition) is 2. The molecular weight excluding hydrogens is 252 g/mol. The molecule has 1 heterocycles. The number of H-pyrrole nitrogens is 1. The van der Waals surface area contributed by atoms with Gasteiger partial charge in [0, 0.05) is 29.6 Å². The zero-order valence-corrected chi connectivity index (χ0v) is 12.5. The Kier molecular flexibility index (Phi) is 4.02. The maximum Gasteiger partial charge on any atom is 0.407 e. The molecule has 4 heteroatoms. The van der Waals surface area contributed by atoms with Crippen molar-refractivity contribution in [3.05, 3.63) is 36.0 Å². The molecule has 0 radical (unpaired) electrons. The second-order valence-corrected chi connectivity index (χ2v) is 6.07. The van der Waals surface area contributed by atoms with Gasteiger partial charge in [0.15, 0.2) is 0 Å². The van der Waals surface area contributed by atoms with Crippen LogP contribution in [0.25, 0.3) is 10.9 Å². The van der Waals surface area contributed by atoms with Crippen molar-refractivity contribution in [3.63, 3.8) is 0 Å². The van der Waals surface area contributed by atoms with Crippen molar-refractivity contribution in [2.75, 3.05) is 6.54 Å². The average molecular weight is 274 g/mol. The third-order valence-corrected chi connectivity index (χ3v) is 3.10. The fourth-order valence-corrected chi connectivity index (χ4v) is 2.16. The molecule has 0 saturated heterocycles. The molecule has 2 N–H and O–H groups in total. The van der Waals surface area contributed by atoms with Crippen LogP contribution in [-0.2, 0) is 4.74 Å². The summed E-state index contributed by atoms with van der Waals surface area (Å²) in [6, 6.07) is 8.16. The van der Waals surface area contributed by atoms with Crippen molar-refractivity contribution in [2.24, 2.45) is 0 Å². The lowest BCUT2D eigenvalue weighted by Crippen LogP contribution is -2.34. The van der Waals surface area contributed by atoms with Gasteiger partial charge in [-0.3, -0.25) is 0 Å². The number of aromatic nitrogens is 1. The minimum absolute atomic E-state index is 0.221. The Morgan fingerprint density at radius 1 is 1.35 bits per heavy atom. The topological polar surface area (TPSA) is 54.1 Å². The maximum absolute atomic E-state index is 11.7. The minimum atomic E-state index is -0.464. The first-order valence-corrected chi connectivity index (χ1v) is 6.89. The second kappa shape index (κ2) is 5.57. The number of ether oxygens (including phenoxy) is 1. The summed E-state index contributed by atoms with van der Waals surface area (Å²) in [6.07, 6.45) is 1.63. The van der Waals surface area contributed by atoms with E-state index in [-0.39, 0.29) is 12.0 Å². The van der Waals surface area contributed by atoms with E-state index in [2.05, 4.69) is 23.3 Å². The molecule has 0 fully saturated rings. The molecule has 0 aliphatic carbocycles. The molecule has 20 heavy (non-hydrogen) atoms. The van der Waals surface area contributed by atoms with Crippen LogP contribution in [0.2, 0.25) is 0 Å². The van der Waals surface area contributed by atoms with Gasteiger partial charge in [0.2, 0.25) is 0 Å². The van der Waals surface area contributed by atoms with E-state index in [0.717, 1.165) is 5.52 Å². The summed E-state index contributed by atoms with van der Waals surface area (Å²) in [7, 11) is 0. The quantitative estimate of drug-likeness (QED) is 0.894. The molecule has 1 aromatic carbocycles. The number of hydrogen-bond acceptors (Lipinski definition) is 2. The van der Waals surface area contributed by atoms with E-state index in [1.54, 1.807) is 0 Å². The Bertz CT molecular complexity index is 596. The number of para-hydroxylation sites is 1. The largest absolute Gasteiger partial charge is 0.444 e. The van der Waals surface area contributed by atoms with E-state index in [9.17, 15) is 4.79 Å². The summed E-state index contributed by atoms with van der Waals surface area (Å²) in [5.74, 6) is 0.221. The monoisotopic (exact) mass is 274 g/mol. The lowest BCUT2D eigenvalue weighted by molar-refractivity contribution is 0.0525. The van der Waals surface area contributed by atoms with E-state index in [1.165, 1.54) is 10.9 Å². The van der Waals surface area contributed by atoms with Gasteiger partial charge in [0.1, 0.15) is 5.60 Å². The lowest BCUT2D eigenvalue weighted by Gasteiger charge is -2.20. The van der Waals surface area contributed by atoms with Crippen molar-refractivity contribution >= 4 is 17.0 Å². The van der Waals surface area contributed by atoms with E-state index in [0.29, 0.717) is 6.54 Å². The van der Waals surface area contributed by atoms with Crippen LogP contribution in [0.15, 0.2) is 30.5 Å². The van der Waals surface area contributed by atoms with Crippen LogP contribution >= 0.6 is 0 Å². The van der Waals surface area contributed by atoms with E-state index in [1.807, 2.05) is 45.2 Å². The number of carbonyl (C=O) groups excluding carboxylic acids is 1. The van der Waals surface area contributed by atoms with Crippen LogP contribution in [0.4, 0.5) is 4.79 Å². The van der Waals surface area contributed by atoms with Gasteiger partial charge in [0.05, 0.1) is 0 Å². The van der Waals surface area contributed by atoms with E-state index in [4.69, 9.17) is 4.74 Å². The maximum atomic E-state index is 11.7. The molecule has 1 atom stereocenters. The van der Waals surface area contributed by atoms with Gasteiger partial charge in [-0.1, -0.05) is 25.1 Å². The van der Waals surface area contributed by atoms with Crippen molar-refractivity contribution in [1.82, 2.24) is 10.3 Å². The number of fused-ring (bicyclic) bond motifs is 1. The molecule has 0 spiro atoms. The summed E-state index contributed by atoms with van der Waals surface area (Å²) < 4.78 is 5.24. The Morgan fingerprint density at radius 3 is 2.75 bits per heavy atom. The van der Waals surface area contributed by atoms with Crippen molar-refractivity contribution in [2.45, 2.75) is 39.2 Å². The molecule has 0 unspecified atom stereocenters. The predicted octanol–water partition coefficient (Wildman–Crippen LogP) is 3.80. The predicted molar refractivity (Wildman–Crippen MR) is 81.0 cm³/mol. The van der Waals surface area contributed by atoms with E-state index < -0.39 is 5.60 Å². The van der Waals surface area contributed by atoms with Crippen LogP contribution in [0.5, 0.6) is 0 Å². The molecule has 0 aliphatic heterocycles. The number of alkyl carbamates (subject to hydrolysis) is 1. The molecule has 1 aromatic heterocycles. The number of carbonyl (C=O) groups is 1. The molecule has 0 bridgehead atoms. The van der Waals surface area contributed by atoms with Gasteiger partial charge < -0.3 is 15.0 Å². The van der Waals surface area contributed by atoms with Crippen LogP contribution in [-0.4, -0.2) is 23.2 Å². The number of amides is 1. The highest BCUT2D eigenvalue weighted by molar-refractivity contribution is 5.83. The Morgan fingerprint density at radius 2 is 2.05 bits per heavy atom. The molecular formula is C16H22N2O2. The summed E-state index contributed by atoms with van der Waals surface area (Å²) in [5, 5.41) is 4.02. The molecule has 4 nitrogen and oxygen atoms in total. The summed E-state index contributed by atoms with van der Waals surface area (Å²) in [4.78, 5) is 14.9. The second-order valence-electron chi connectivity index (χ2n) is 6.07. The van der Waals surface area contributed by atoms with Crippen LogP contribution in [0.1, 0.15) is 39.2 Å². The zero-order valence-electron chi connectivity index (χ0n) is 12.5. The number of rotatable bonds is 3. The average Bonchev–Trinajstić information content (AvgIpc) is 2.78. The van der Waals surface area contributed by atoms with Crippen molar-refractivity contribution in [3.8, 4) is 0 Å². The standard InChI is InChI=1S/C16H22N2O2/c1-11(9-18-15(19)20-16(2,3)4)13-10-17-14-8-6-5-7-12(13)14/h5-8,10-11,17H,9H2,1-4H3,(H,18,19)/t11-/m0/s1. The van der Waals surface area contributed by atoms with Gasteiger partial charge in [-0.2, -0.15) is 0 Å². The van der Waals surface area contributed by atoms with E-state index >= 15 is 0 Å². The number of benzene rings is 1. The molecule has 2 rings (SSSR count). The van der Waals surface area contributed by atoms with Crippen molar-refractivity contribution < 1.29 is 9.53 Å². The smallest absolute Gasteiger partial charge is 0.407 e. The Hall–Kier alpha value is -1.97. The Labute approximate surface area is 119 Å². The summed E-state index contributed by atoms with van der Waals surface area (Å²) in [5.41, 5.74) is 1.86. The first-order chi connectivity index (χ1) is 9.37. The third-order valence-electron chi connectivity index (χ3n) is 3.10. The minimum Gasteiger partial charge on any atom is -0.444 e. The van der Waals surface area contributed by atoms with Gasteiger partial charge >= 0.3 is 6.09 Å². The first kappa shape index (κ1) is 14.4. The zero-order chi connectivity index (χ0) is 14.8. The summed E-state index contributed by atoms with van der Waals surface area (Å²) in [6.45, 7) is 8.21. The van der Waals surface area contributed by atoms with Gasteiger partial charge in [-0.15, -0.1) is 0 Å². The lowest BCUT2D eigenvalue weighted by atomic mass is 10.0. The van der Waals surface area contributed by atoms with Crippen LogP contribution in [0.3, 0.4) is 0 Å². The van der Waals surface area contributed by atoms with Crippen molar-refractivity contribution in [1.29, 1.82) is 0 Å². The Balaban J connectivity index is 1.99. The summed E-state index contributed by atoms with van der Waals surface area (Å²) >= 11 is 0.